The molecule has 1 aromatic heterocycles. The van der Waals surface area contributed by atoms with Crippen LogP contribution in [-0.4, -0.2) is 6.04 Å². The van der Waals surface area contributed by atoms with Crippen molar-refractivity contribution in [3.05, 3.63) is 35.6 Å². The van der Waals surface area contributed by atoms with E-state index in [0.29, 0.717) is 12.6 Å². The molecule has 0 saturated heterocycles. The molecule has 84 valence electrons. The van der Waals surface area contributed by atoms with Crippen molar-refractivity contribution >= 4 is 11.0 Å². The SMILES string of the molecule is NCc1ccc2cc(CNC3CC3)oc2c1. The second kappa shape index (κ2) is 3.92. The summed E-state index contributed by atoms with van der Waals surface area (Å²) in [5.74, 6) is 1.01. The lowest BCUT2D eigenvalue weighted by Gasteiger charge is -1.97. The van der Waals surface area contributed by atoms with Crippen molar-refractivity contribution in [3.8, 4) is 0 Å². The summed E-state index contributed by atoms with van der Waals surface area (Å²) in [6.07, 6.45) is 2.61. The summed E-state index contributed by atoms with van der Waals surface area (Å²) >= 11 is 0. The lowest BCUT2D eigenvalue weighted by molar-refractivity contribution is 0.512. The molecule has 1 fully saturated rings. The molecule has 0 radical (unpaired) electrons. The molecule has 3 N–H and O–H groups in total. The van der Waals surface area contributed by atoms with E-state index in [9.17, 15) is 0 Å². The predicted molar refractivity (Wildman–Crippen MR) is 64.0 cm³/mol. The fourth-order valence-electron chi connectivity index (χ4n) is 1.88. The van der Waals surface area contributed by atoms with Crippen LogP contribution in [0.3, 0.4) is 0 Å². The second-order valence-corrected chi connectivity index (χ2v) is 4.44. The molecule has 1 heterocycles. The zero-order chi connectivity index (χ0) is 11.0. The van der Waals surface area contributed by atoms with Gasteiger partial charge in [0.25, 0.3) is 0 Å². The number of furan rings is 1. The summed E-state index contributed by atoms with van der Waals surface area (Å²) in [5.41, 5.74) is 7.66. The normalized spacial score (nSPS) is 15.8. The Hall–Kier alpha value is -1.32. The van der Waals surface area contributed by atoms with Gasteiger partial charge in [0.15, 0.2) is 0 Å². The molecule has 3 heteroatoms. The highest BCUT2D eigenvalue weighted by molar-refractivity contribution is 5.78. The molecule has 0 spiro atoms. The van der Waals surface area contributed by atoms with Crippen LogP contribution in [0, 0.1) is 0 Å². The van der Waals surface area contributed by atoms with Gasteiger partial charge in [0.1, 0.15) is 11.3 Å². The fraction of sp³-hybridized carbons (Fsp3) is 0.385. The zero-order valence-electron chi connectivity index (χ0n) is 9.20. The van der Waals surface area contributed by atoms with Crippen LogP contribution in [0.2, 0.25) is 0 Å². The molecular weight excluding hydrogens is 200 g/mol. The van der Waals surface area contributed by atoms with Crippen LogP contribution in [0.15, 0.2) is 28.7 Å². The maximum absolute atomic E-state index is 5.77. The molecule has 0 atom stereocenters. The summed E-state index contributed by atoms with van der Waals surface area (Å²) in [6.45, 7) is 1.39. The number of benzene rings is 1. The Morgan fingerprint density at radius 1 is 1.31 bits per heavy atom. The molecule has 0 unspecified atom stereocenters. The van der Waals surface area contributed by atoms with Gasteiger partial charge < -0.3 is 15.5 Å². The highest BCUT2D eigenvalue weighted by Crippen LogP contribution is 2.23. The molecular formula is C13H16N2O. The number of fused-ring (bicyclic) bond motifs is 1. The highest BCUT2D eigenvalue weighted by atomic mass is 16.3. The maximum atomic E-state index is 5.77. The van der Waals surface area contributed by atoms with Gasteiger partial charge in [0, 0.05) is 18.0 Å². The number of nitrogens with two attached hydrogens (primary N) is 1. The van der Waals surface area contributed by atoms with Crippen molar-refractivity contribution in [2.75, 3.05) is 0 Å². The first-order valence-electron chi connectivity index (χ1n) is 5.80. The summed E-state index contributed by atoms with van der Waals surface area (Å²) in [7, 11) is 0. The summed E-state index contributed by atoms with van der Waals surface area (Å²) < 4.78 is 5.77. The third-order valence-corrected chi connectivity index (χ3v) is 3.01. The van der Waals surface area contributed by atoms with Crippen LogP contribution in [0.4, 0.5) is 0 Å². The van der Waals surface area contributed by atoms with E-state index < -0.39 is 0 Å². The minimum atomic E-state index is 0.562. The van der Waals surface area contributed by atoms with Gasteiger partial charge in [-0.25, -0.2) is 0 Å². The van der Waals surface area contributed by atoms with Gasteiger partial charge >= 0.3 is 0 Å². The monoisotopic (exact) mass is 216 g/mol. The predicted octanol–water partition coefficient (Wildman–Crippen LogP) is 2.14. The average molecular weight is 216 g/mol. The van der Waals surface area contributed by atoms with E-state index in [2.05, 4.69) is 23.5 Å². The van der Waals surface area contributed by atoms with Crippen LogP contribution < -0.4 is 11.1 Å². The average Bonchev–Trinajstić information content (AvgIpc) is 3.04. The van der Waals surface area contributed by atoms with Gasteiger partial charge in [-0.1, -0.05) is 12.1 Å². The molecule has 0 aliphatic heterocycles. The molecule has 1 saturated carbocycles. The lowest BCUT2D eigenvalue weighted by Crippen LogP contribution is -2.14. The largest absolute Gasteiger partial charge is 0.460 e. The first-order chi connectivity index (χ1) is 7.85. The van der Waals surface area contributed by atoms with E-state index >= 15 is 0 Å². The quantitative estimate of drug-likeness (QED) is 0.823. The van der Waals surface area contributed by atoms with E-state index in [4.69, 9.17) is 10.2 Å². The number of nitrogens with one attached hydrogen (secondary N) is 1. The van der Waals surface area contributed by atoms with Crippen LogP contribution in [0.5, 0.6) is 0 Å². The molecule has 16 heavy (non-hydrogen) atoms. The third kappa shape index (κ3) is 1.96. The Morgan fingerprint density at radius 2 is 2.19 bits per heavy atom. The Balaban J connectivity index is 1.83. The Kier molecular flexibility index (Phi) is 2.42. The van der Waals surface area contributed by atoms with Gasteiger partial charge in [-0.15, -0.1) is 0 Å². The van der Waals surface area contributed by atoms with E-state index in [1.807, 2.05) is 6.07 Å². The zero-order valence-corrected chi connectivity index (χ0v) is 9.20. The standard InChI is InChI=1S/C13H16N2O/c14-7-9-1-2-10-6-12(16-13(10)5-9)8-15-11-3-4-11/h1-2,5-6,11,15H,3-4,7-8,14H2. The molecule has 1 aliphatic rings. The van der Waals surface area contributed by atoms with Crippen molar-refractivity contribution in [3.63, 3.8) is 0 Å². The molecule has 0 amide bonds. The highest BCUT2D eigenvalue weighted by Gasteiger charge is 2.20. The summed E-state index contributed by atoms with van der Waals surface area (Å²) in [5, 5.41) is 4.60. The molecule has 2 aromatic rings. The first kappa shape index (κ1) is 9.87. The van der Waals surface area contributed by atoms with Crippen molar-refractivity contribution in [1.29, 1.82) is 0 Å². The van der Waals surface area contributed by atoms with Gasteiger partial charge in [-0.2, -0.15) is 0 Å². The van der Waals surface area contributed by atoms with Gasteiger partial charge in [-0.05, 0) is 30.5 Å². The Morgan fingerprint density at radius 3 is 2.94 bits per heavy atom. The molecule has 1 aliphatic carbocycles. The van der Waals surface area contributed by atoms with Crippen molar-refractivity contribution < 1.29 is 4.42 Å². The summed E-state index contributed by atoms with van der Waals surface area (Å²) in [6, 6.07) is 8.96. The van der Waals surface area contributed by atoms with Crippen molar-refractivity contribution in [2.45, 2.75) is 32.0 Å². The minimum Gasteiger partial charge on any atom is -0.460 e. The number of rotatable bonds is 4. The van der Waals surface area contributed by atoms with Crippen LogP contribution in [0.25, 0.3) is 11.0 Å². The van der Waals surface area contributed by atoms with E-state index in [1.165, 1.54) is 12.8 Å². The van der Waals surface area contributed by atoms with Crippen molar-refractivity contribution in [1.82, 2.24) is 5.32 Å². The fourth-order valence-corrected chi connectivity index (χ4v) is 1.88. The van der Waals surface area contributed by atoms with Crippen LogP contribution in [0.1, 0.15) is 24.2 Å². The van der Waals surface area contributed by atoms with Gasteiger partial charge in [0.05, 0.1) is 6.54 Å². The molecule has 0 bridgehead atoms. The van der Waals surface area contributed by atoms with E-state index in [-0.39, 0.29) is 0 Å². The molecule has 3 rings (SSSR count). The maximum Gasteiger partial charge on any atom is 0.134 e. The van der Waals surface area contributed by atoms with Crippen LogP contribution in [-0.2, 0) is 13.1 Å². The lowest BCUT2D eigenvalue weighted by atomic mass is 10.2. The number of hydrogen-bond acceptors (Lipinski definition) is 3. The van der Waals surface area contributed by atoms with E-state index in [0.717, 1.165) is 28.8 Å². The second-order valence-electron chi connectivity index (χ2n) is 4.44. The third-order valence-electron chi connectivity index (χ3n) is 3.01. The Bertz CT molecular complexity index is 500. The topological polar surface area (TPSA) is 51.2 Å². The van der Waals surface area contributed by atoms with Gasteiger partial charge in [-0.3, -0.25) is 0 Å². The van der Waals surface area contributed by atoms with Crippen molar-refractivity contribution in [2.24, 2.45) is 5.73 Å². The summed E-state index contributed by atoms with van der Waals surface area (Å²) in [4.78, 5) is 0. The van der Waals surface area contributed by atoms with Gasteiger partial charge in [0.2, 0.25) is 0 Å². The first-order valence-corrected chi connectivity index (χ1v) is 5.80. The smallest absolute Gasteiger partial charge is 0.134 e. The Labute approximate surface area is 94.6 Å². The molecule has 3 nitrogen and oxygen atoms in total. The molecule has 1 aromatic carbocycles. The number of hydrogen-bond donors (Lipinski definition) is 2. The minimum absolute atomic E-state index is 0.562. The van der Waals surface area contributed by atoms with E-state index in [1.54, 1.807) is 0 Å². The van der Waals surface area contributed by atoms with Crippen LogP contribution >= 0.6 is 0 Å².